The number of benzene rings is 1. The average Bonchev–Trinajstić information content (AvgIpc) is 3.85. The Morgan fingerprint density at radius 2 is 2.03 bits per heavy atom. The number of aromatic nitrogens is 3. The summed E-state index contributed by atoms with van der Waals surface area (Å²) in [5.74, 6) is 2.89. The summed E-state index contributed by atoms with van der Waals surface area (Å²) in [4.78, 5) is 21.4. The van der Waals surface area contributed by atoms with Crippen molar-refractivity contribution in [1.82, 2.24) is 20.3 Å². The molecule has 6 rings (SSSR count). The molecule has 0 amide bonds. The van der Waals surface area contributed by atoms with Gasteiger partial charge in [-0.25, -0.2) is 15.0 Å². The van der Waals surface area contributed by atoms with Crippen LogP contribution in [0.1, 0.15) is 55.5 Å². The van der Waals surface area contributed by atoms with Gasteiger partial charge in [-0.15, -0.1) is 0 Å². The van der Waals surface area contributed by atoms with Crippen molar-refractivity contribution in [3.05, 3.63) is 89.8 Å². The van der Waals surface area contributed by atoms with Crippen molar-refractivity contribution in [2.45, 2.75) is 38.5 Å². The number of rotatable bonds is 8. The van der Waals surface area contributed by atoms with Gasteiger partial charge in [-0.3, -0.25) is 4.98 Å². The highest BCUT2D eigenvalue weighted by Crippen LogP contribution is 2.44. The van der Waals surface area contributed by atoms with E-state index in [-0.39, 0.29) is 0 Å². The molecule has 2 aromatic heterocycles. The van der Waals surface area contributed by atoms with Crippen LogP contribution in [0.5, 0.6) is 0 Å². The lowest BCUT2D eigenvalue weighted by Gasteiger charge is -2.30. The first-order valence-electron chi connectivity index (χ1n) is 13.9. The Bertz CT molecular complexity index is 1500. The third-order valence-corrected chi connectivity index (χ3v) is 7.55. The van der Waals surface area contributed by atoms with Gasteiger partial charge in [-0.2, -0.15) is 0 Å². The molecule has 1 saturated heterocycles. The molecule has 0 atom stereocenters. The van der Waals surface area contributed by atoms with Gasteiger partial charge in [-0.1, -0.05) is 36.4 Å². The van der Waals surface area contributed by atoms with Crippen molar-refractivity contribution in [3.8, 4) is 0 Å². The molecule has 1 aromatic carbocycles. The van der Waals surface area contributed by atoms with Gasteiger partial charge in [0, 0.05) is 49.0 Å². The van der Waals surface area contributed by atoms with Crippen molar-refractivity contribution in [3.63, 3.8) is 0 Å². The van der Waals surface area contributed by atoms with E-state index in [2.05, 4.69) is 68.7 Å². The molecule has 0 spiro atoms. The Morgan fingerprint density at radius 1 is 1.15 bits per heavy atom. The second-order valence-corrected chi connectivity index (χ2v) is 10.3. The van der Waals surface area contributed by atoms with Crippen LogP contribution in [0.15, 0.2) is 77.9 Å². The molecule has 2 N–H and O–H groups in total. The fourth-order valence-electron chi connectivity index (χ4n) is 5.32. The minimum Gasteiger partial charge on any atom is -0.353 e. The van der Waals surface area contributed by atoms with Crippen molar-refractivity contribution < 1.29 is 0 Å². The van der Waals surface area contributed by atoms with Crippen LogP contribution in [0.25, 0.3) is 22.0 Å². The number of nitrogens with one attached hydrogen (secondary N) is 2. The average molecular weight is 518 g/mol. The van der Waals surface area contributed by atoms with Gasteiger partial charge < -0.3 is 15.5 Å². The molecule has 0 radical (unpaired) electrons. The number of anilines is 2. The van der Waals surface area contributed by atoms with E-state index >= 15 is 0 Å². The lowest BCUT2D eigenvalue weighted by Crippen LogP contribution is -2.44. The number of allylic oxidation sites excluding steroid dienone is 7. The molecule has 39 heavy (non-hydrogen) atoms. The second kappa shape index (κ2) is 11.3. The van der Waals surface area contributed by atoms with E-state index in [0.717, 1.165) is 67.0 Å². The Hall–Kier alpha value is -4.10. The molecule has 2 fully saturated rings. The first-order chi connectivity index (χ1) is 19.2. The van der Waals surface area contributed by atoms with Crippen molar-refractivity contribution >= 4 is 40.3 Å². The number of fused-ring (bicyclic) bond motifs is 1. The first-order valence-corrected chi connectivity index (χ1v) is 13.9. The normalized spacial score (nSPS) is 18.3. The van der Waals surface area contributed by atoms with E-state index in [1.165, 1.54) is 29.5 Å². The third kappa shape index (κ3) is 5.54. The van der Waals surface area contributed by atoms with Crippen LogP contribution in [0, 0.1) is 0 Å². The van der Waals surface area contributed by atoms with Gasteiger partial charge in [0.1, 0.15) is 11.6 Å². The summed E-state index contributed by atoms with van der Waals surface area (Å²) in [6.07, 6.45) is 19.2. The van der Waals surface area contributed by atoms with Crippen molar-refractivity contribution in [1.29, 1.82) is 0 Å². The lowest BCUT2D eigenvalue weighted by atomic mass is 9.99. The van der Waals surface area contributed by atoms with Crippen LogP contribution < -0.4 is 15.5 Å². The number of hydrogen-bond donors (Lipinski definition) is 2. The van der Waals surface area contributed by atoms with Gasteiger partial charge in [-0.05, 0) is 80.2 Å². The maximum atomic E-state index is 5.18. The molecule has 2 aliphatic carbocycles. The van der Waals surface area contributed by atoms with Crippen molar-refractivity contribution in [2.24, 2.45) is 4.99 Å². The van der Waals surface area contributed by atoms with E-state index < -0.39 is 0 Å². The minimum atomic E-state index is 0.565. The van der Waals surface area contributed by atoms with Gasteiger partial charge in [0.25, 0.3) is 0 Å². The van der Waals surface area contributed by atoms with Gasteiger partial charge in [0.15, 0.2) is 5.82 Å². The number of aliphatic imine (C=N–C) groups is 1. The summed E-state index contributed by atoms with van der Waals surface area (Å²) in [7, 11) is 0. The van der Waals surface area contributed by atoms with E-state index in [0.29, 0.717) is 17.6 Å². The van der Waals surface area contributed by atoms with Gasteiger partial charge in [0.05, 0.1) is 11.7 Å². The molecule has 7 heteroatoms. The van der Waals surface area contributed by atoms with Gasteiger partial charge in [0.2, 0.25) is 0 Å². The monoisotopic (exact) mass is 517 g/mol. The first kappa shape index (κ1) is 25.2. The molecule has 7 nitrogen and oxygen atoms in total. The predicted molar refractivity (Wildman–Crippen MR) is 162 cm³/mol. The summed E-state index contributed by atoms with van der Waals surface area (Å²) in [6.45, 7) is 9.57. The van der Waals surface area contributed by atoms with Crippen LogP contribution in [0.3, 0.4) is 0 Å². The van der Waals surface area contributed by atoms with E-state index in [9.17, 15) is 0 Å². The zero-order valence-corrected chi connectivity index (χ0v) is 22.5. The number of hydrogen-bond acceptors (Lipinski definition) is 7. The van der Waals surface area contributed by atoms with Crippen LogP contribution in [0.2, 0.25) is 0 Å². The van der Waals surface area contributed by atoms with E-state index in [1.807, 2.05) is 37.5 Å². The Labute approximate surface area is 230 Å². The van der Waals surface area contributed by atoms with Crippen LogP contribution in [-0.2, 0) is 0 Å². The lowest BCUT2D eigenvalue weighted by molar-refractivity contribution is 0.585. The SMILES string of the molecule is C=N/C(=C\C(=C/C)c1nc(N2CCNCC2)c2c(C3CC3)cncc2n1)Nc1cccc(C2=CCCC=C2)c1. The Kier molecular flexibility index (Phi) is 7.32. The Morgan fingerprint density at radius 3 is 2.77 bits per heavy atom. The molecule has 1 saturated carbocycles. The molecule has 0 bridgehead atoms. The van der Waals surface area contributed by atoms with Crippen LogP contribution in [0.4, 0.5) is 11.5 Å². The summed E-state index contributed by atoms with van der Waals surface area (Å²) in [5.41, 5.74) is 6.45. The highest BCUT2D eigenvalue weighted by atomic mass is 15.2. The Balaban J connectivity index is 1.35. The molecule has 3 aliphatic rings. The third-order valence-electron chi connectivity index (χ3n) is 7.55. The molecule has 198 valence electrons. The largest absolute Gasteiger partial charge is 0.353 e. The number of piperazine rings is 1. The maximum Gasteiger partial charge on any atom is 0.162 e. The zero-order valence-electron chi connectivity index (χ0n) is 22.5. The molecular formula is C32H35N7. The van der Waals surface area contributed by atoms with Crippen LogP contribution >= 0.6 is 0 Å². The fourth-order valence-corrected chi connectivity index (χ4v) is 5.32. The minimum absolute atomic E-state index is 0.565. The smallest absolute Gasteiger partial charge is 0.162 e. The predicted octanol–water partition coefficient (Wildman–Crippen LogP) is 6.10. The second-order valence-electron chi connectivity index (χ2n) is 10.3. The number of nitrogens with zero attached hydrogens (tertiary/aromatic N) is 5. The molecule has 3 heterocycles. The number of pyridine rings is 1. The van der Waals surface area contributed by atoms with E-state index in [1.54, 1.807) is 0 Å². The highest BCUT2D eigenvalue weighted by molar-refractivity contribution is 5.94. The molecule has 0 unspecified atom stereocenters. The zero-order chi connectivity index (χ0) is 26.6. The quantitative estimate of drug-likeness (QED) is 0.278. The highest BCUT2D eigenvalue weighted by Gasteiger charge is 2.29. The molecule has 1 aliphatic heterocycles. The van der Waals surface area contributed by atoms with Gasteiger partial charge >= 0.3 is 0 Å². The standard InChI is InChI=1S/C32H35N7/c1-3-22(19-29(33-2)36-26-11-7-10-25(18-26)23-8-5-4-6-9-23)31-37-28-21-35-20-27(24-12-13-24)30(28)32(38-31)39-16-14-34-15-17-39/h3,5,7-11,18-21,24,34,36H,2,4,6,12-17H2,1H3/b22-3+,29-19+. The summed E-state index contributed by atoms with van der Waals surface area (Å²) in [5, 5.41) is 8.06. The fraction of sp³-hybridized carbons (Fsp3) is 0.312. The summed E-state index contributed by atoms with van der Waals surface area (Å²) in [6, 6.07) is 8.40. The van der Waals surface area contributed by atoms with E-state index in [4.69, 9.17) is 9.97 Å². The molecule has 3 aromatic rings. The van der Waals surface area contributed by atoms with Crippen molar-refractivity contribution in [2.75, 3.05) is 36.4 Å². The van der Waals surface area contributed by atoms with Crippen LogP contribution in [-0.4, -0.2) is 47.8 Å². The molecular weight excluding hydrogens is 482 g/mol. The topological polar surface area (TPSA) is 78.3 Å². The maximum absolute atomic E-state index is 5.18. The summed E-state index contributed by atoms with van der Waals surface area (Å²) >= 11 is 0. The summed E-state index contributed by atoms with van der Waals surface area (Å²) < 4.78 is 0.